The molecule has 4 nitrogen and oxygen atoms in total. The molecule has 0 saturated heterocycles. The van der Waals surface area contributed by atoms with E-state index in [0.29, 0.717) is 6.42 Å². The molecule has 0 rings (SSSR count). The molecule has 0 bridgehead atoms. The summed E-state index contributed by atoms with van der Waals surface area (Å²) in [6.45, 7) is 3.12. The summed E-state index contributed by atoms with van der Waals surface area (Å²) >= 11 is 0. The van der Waals surface area contributed by atoms with Gasteiger partial charge in [-0.2, -0.15) is 8.42 Å². The highest BCUT2D eigenvalue weighted by Gasteiger charge is 2.36. The highest BCUT2D eigenvalue weighted by Crippen LogP contribution is 2.23. The van der Waals surface area contributed by atoms with Crippen LogP contribution in [-0.2, 0) is 10.1 Å². The van der Waals surface area contributed by atoms with E-state index in [0.717, 1.165) is 32.1 Å². The van der Waals surface area contributed by atoms with Crippen LogP contribution in [0.2, 0.25) is 0 Å². The highest BCUT2D eigenvalue weighted by molar-refractivity contribution is 7.87. The molecule has 0 aromatic rings. The van der Waals surface area contributed by atoms with Crippen molar-refractivity contribution in [3.8, 4) is 0 Å². The molecule has 0 heterocycles. The van der Waals surface area contributed by atoms with Gasteiger partial charge in [0.2, 0.25) is 0 Å². The largest absolute Gasteiger partial charge is 0.395 e. The molecule has 156 valence electrons. The summed E-state index contributed by atoms with van der Waals surface area (Å²) in [5, 5.41) is 9.20. The Balaban J connectivity index is 3.45. The predicted molar refractivity (Wildman–Crippen MR) is 111 cm³/mol. The smallest absolute Gasteiger partial charge is 0.272 e. The second-order valence-corrected chi connectivity index (χ2v) is 9.71. The molecule has 1 unspecified atom stereocenters. The van der Waals surface area contributed by atoms with Gasteiger partial charge in [0.25, 0.3) is 10.1 Å². The Labute approximate surface area is 162 Å². The topological polar surface area (TPSA) is 74.6 Å². The van der Waals surface area contributed by atoms with E-state index in [9.17, 15) is 13.5 Å². The molecule has 5 heteroatoms. The van der Waals surface area contributed by atoms with Crippen molar-refractivity contribution in [2.75, 3.05) is 6.61 Å². The van der Waals surface area contributed by atoms with E-state index in [1.807, 2.05) is 0 Å². The molecule has 2 N–H and O–H groups in total. The van der Waals surface area contributed by atoms with E-state index < -0.39 is 21.5 Å². The van der Waals surface area contributed by atoms with Crippen LogP contribution in [0.4, 0.5) is 0 Å². The van der Waals surface area contributed by atoms with E-state index >= 15 is 0 Å². The minimum absolute atomic E-state index is 0.309. The van der Waals surface area contributed by atoms with Gasteiger partial charge in [0.15, 0.2) is 0 Å². The zero-order valence-corrected chi connectivity index (χ0v) is 17.9. The molecule has 0 amide bonds. The third kappa shape index (κ3) is 12.9. The molecule has 0 spiro atoms. The van der Waals surface area contributed by atoms with Crippen molar-refractivity contribution in [3.63, 3.8) is 0 Å². The maximum Gasteiger partial charge on any atom is 0.272 e. The molecule has 0 aliphatic heterocycles. The van der Waals surface area contributed by atoms with Crippen LogP contribution in [0.1, 0.15) is 110 Å². The van der Waals surface area contributed by atoms with Crippen LogP contribution in [-0.4, -0.2) is 29.4 Å². The van der Waals surface area contributed by atoms with Crippen molar-refractivity contribution in [3.05, 3.63) is 12.2 Å². The average molecular weight is 391 g/mol. The molecule has 0 aliphatic rings. The first kappa shape index (κ1) is 25.6. The maximum atomic E-state index is 11.3. The molecular weight excluding hydrogens is 348 g/mol. The van der Waals surface area contributed by atoms with Crippen LogP contribution in [0.5, 0.6) is 0 Å². The lowest BCUT2D eigenvalue weighted by atomic mass is 10.0. The normalized spacial score (nSPS) is 14.8. The van der Waals surface area contributed by atoms with Crippen LogP contribution < -0.4 is 0 Å². The Hall–Kier alpha value is -0.390. The Morgan fingerprint density at radius 2 is 1.19 bits per heavy atom. The number of rotatable bonds is 18. The molecule has 0 saturated carbocycles. The number of aliphatic hydroxyl groups excluding tert-OH is 1. The molecule has 0 aromatic carbocycles. The van der Waals surface area contributed by atoms with E-state index in [2.05, 4.69) is 19.1 Å². The molecule has 0 aromatic heterocycles. The molecular formula is C21H42O4S. The van der Waals surface area contributed by atoms with E-state index in [4.69, 9.17) is 4.55 Å². The second kappa shape index (κ2) is 15.6. The van der Waals surface area contributed by atoms with Crippen LogP contribution in [0.3, 0.4) is 0 Å². The van der Waals surface area contributed by atoms with Gasteiger partial charge in [0.1, 0.15) is 4.75 Å². The summed E-state index contributed by atoms with van der Waals surface area (Å²) in [6.07, 6.45) is 21.7. The SMILES string of the molecule is CCCCCCCCC=CCCCCCCCCC(C)(CO)S(=O)(=O)O. The molecule has 0 fully saturated rings. The van der Waals surface area contributed by atoms with Crippen LogP contribution >= 0.6 is 0 Å². The van der Waals surface area contributed by atoms with Crippen LogP contribution in [0.25, 0.3) is 0 Å². The first-order chi connectivity index (χ1) is 12.4. The highest BCUT2D eigenvalue weighted by atomic mass is 32.2. The zero-order chi connectivity index (χ0) is 19.7. The van der Waals surface area contributed by atoms with Gasteiger partial charge in [-0.15, -0.1) is 0 Å². The van der Waals surface area contributed by atoms with Gasteiger partial charge in [-0.05, 0) is 39.0 Å². The van der Waals surface area contributed by atoms with E-state index in [1.165, 1.54) is 64.7 Å². The first-order valence-corrected chi connectivity index (χ1v) is 12.0. The first-order valence-electron chi connectivity index (χ1n) is 10.6. The monoisotopic (exact) mass is 390 g/mol. The molecule has 26 heavy (non-hydrogen) atoms. The number of hydrogen-bond acceptors (Lipinski definition) is 3. The molecule has 0 aliphatic carbocycles. The van der Waals surface area contributed by atoms with Gasteiger partial charge >= 0.3 is 0 Å². The Kier molecular flexibility index (Phi) is 15.4. The summed E-state index contributed by atoms with van der Waals surface area (Å²) in [6, 6.07) is 0. The zero-order valence-electron chi connectivity index (χ0n) is 17.1. The summed E-state index contributed by atoms with van der Waals surface area (Å²) < 4.78 is 30.3. The van der Waals surface area contributed by atoms with E-state index in [-0.39, 0.29) is 0 Å². The van der Waals surface area contributed by atoms with Gasteiger partial charge in [0, 0.05) is 0 Å². The Morgan fingerprint density at radius 3 is 1.62 bits per heavy atom. The van der Waals surface area contributed by atoms with Crippen molar-refractivity contribution >= 4 is 10.1 Å². The van der Waals surface area contributed by atoms with Crippen molar-refractivity contribution < 1.29 is 18.1 Å². The lowest BCUT2D eigenvalue weighted by Crippen LogP contribution is -2.38. The standard InChI is InChI=1S/C21H42O4S/c1-3-4-5-6-7-8-9-10-11-12-13-14-15-16-17-18-19-21(2,20-22)26(23,24)25/h10-11,22H,3-9,12-20H2,1-2H3,(H,23,24,25). The fourth-order valence-corrected chi connectivity index (χ4v) is 3.60. The average Bonchev–Trinajstić information content (AvgIpc) is 2.60. The molecule has 1 atom stereocenters. The Morgan fingerprint density at radius 1 is 0.769 bits per heavy atom. The summed E-state index contributed by atoms with van der Waals surface area (Å²) in [7, 11) is -4.19. The van der Waals surface area contributed by atoms with Gasteiger partial charge < -0.3 is 5.11 Å². The third-order valence-electron chi connectivity index (χ3n) is 5.17. The summed E-state index contributed by atoms with van der Waals surface area (Å²) in [5.74, 6) is 0. The molecule has 0 radical (unpaired) electrons. The lowest BCUT2D eigenvalue weighted by Gasteiger charge is -2.23. The van der Waals surface area contributed by atoms with E-state index in [1.54, 1.807) is 0 Å². The van der Waals surface area contributed by atoms with Gasteiger partial charge in [-0.25, -0.2) is 0 Å². The van der Waals surface area contributed by atoms with Crippen molar-refractivity contribution in [1.82, 2.24) is 0 Å². The number of unbranched alkanes of at least 4 members (excludes halogenated alkanes) is 12. The minimum Gasteiger partial charge on any atom is -0.395 e. The van der Waals surface area contributed by atoms with Gasteiger partial charge in [-0.3, -0.25) is 4.55 Å². The lowest BCUT2D eigenvalue weighted by molar-refractivity contribution is 0.230. The maximum absolute atomic E-state index is 11.3. The van der Waals surface area contributed by atoms with Gasteiger partial charge in [-0.1, -0.05) is 83.3 Å². The quantitative estimate of drug-likeness (QED) is 0.170. The predicted octanol–water partition coefficient (Wildman–Crippen LogP) is 6.05. The number of aliphatic hydroxyl groups is 1. The van der Waals surface area contributed by atoms with Crippen LogP contribution in [0, 0.1) is 0 Å². The Bertz CT molecular complexity index is 445. The number of hydrogen-bond donors (Lipinski definition) is 2. The minimum atomic E-state index is -4.19. The van der Waals surface area contributed by atoms with Gasteiger partial charge in [0.05, 0.1) is 6.61 Å². The fourth-order valence-electron chi connectivity index (χ4n) is 3.04. The van der Waals surface area contributed by atoms with Crippen molar-refractivity contribution in [2.24, 2.45) is 0 Å². The second-order valence-electron chi connectivity index (χ2n) is 7.77. The summed E-state index contributed by atoms with van der Waals surface area (Å²) in [5.41, 5.74) is 0. The third-order valence-corrected chi connectivity index (χ3v) is 6.75. The van der Waals surface area contributed by atoms with Crippen molar-refractivity contribution in [2.45, 2.75) is 115 Å². The number of allylic oxidation sites excluding steroid dienone is 2. The fraction of sp³-hybridized carbons (Fsp3) is 0.905. The summed E-state index contributed by atoms with van der Waals surface area (Å²) in [4.78, 5) is 0. The van der Waals surface area contributed by atoms with Crippen molar-refractivity contribution in [1.29, 1.82) is 0 Å². The van der Waals surface area contributed by atoms with Crippen LogP contribution in [0.15, 0.2) is 12.2 Å².